The lowest BCUT2D eigenvalue weighted by atomic mass is 10.0. The van der Waals surface area contributed by atoms with Crippen LogP contribution in [0.4, 0.5) is 9.18 Å². The van der Waals surface area contributed by atoms with Gasteiger partial charge in [-0.25, -0.2) is 13.9 Å². The Bertz CT molecular complexity index is 1410. The molecule has 2 aromatic carbocycles. The third-order valence-electron chi connectivity index (χ3n) is 6.20. The molecule has 1 N–H and O–H groups in total. The van der Waals surface area contributed by atoms with Crippen molar-refractivity contribution >= 4 is 12.0 Å². The largest absolute Gasteiger partial charge is 0.465 e. The van der Waals surface area contributed by atoms with Gasteiger partial charge in [0, 0.05) is 11.8 Å². The predicted molar refractivity (Wildman–Crippen MR) is 131 cm³/mol. The molecule has 1 atom stereocenters. The van der Waals surface area contributed by atoms with Crippen molar-refractivity contribution in [2.24, 2.45) is 0 Å². The summed E-state index contributed by atoms with van der Waals surface area (Å²) in [5.74, 6) is -0.119. The van der Waals surface area contributed by atoms with E-state index in [2.05, 4.69) is 5.32 Å². The van der Waals surface area contributed by atoms with Crippen molar-refractivity contribution in [2.45, 2.75) is 26.4 Å². The molecule has 2 amide bonds. The minimum atomic E-state index is -0.617. The van der Waals surface area contributed by atoms with Crippen LogP contribution in [-0.4, -0.2) is 44.4 Å². The fraction of sp³-hybridized carbons (Fsp3) is 0.222. The molecule has 4 aromatic rings. The monoisotopic (exact) mass is 487 g/mol. The van der Waals surface area contributed by atoms with Crippen LogP contribution in [0.3, 0.4) is 0 Å². The number of hydrogen-bond donors (Lipinski definition) is 1. The van der Waals surface area contributed by atoms with Crippen LogP contribution in [0.1, 0.15) is 35.5 Å². The SMILES string of the molecule is CCOC(=O)CNC(=O)N1Cc2c(C)nn(-c3ccccc3)c2-n2cccc2[C@@H]1c1cccc(F)c1. The number of carbonyl (C=O) groups excluding carboxylic acids is 2. The standard InChI is InChI=1S/C27H26FN5O3/c1-3-36-24(34)16-29-27(35)32-17-22-18(2)30-33(21-11-5-4-6-12-21)26(22)31-14-8-13-23(31)25(32)19-9-7-10-20(28)15-19/h4-15,25H,3,16-17H2,1-2H3,(H,29,35)/t25-/m0/s1. The van der Waals surface area contributed by atoms with Crippen LogP contribution < -0.4 is 5.32 Å². The summed E-state index contributed by atoms with van der Waals surface area (Å²) in [5, 5.41) is 7.46. The molecule has 0 fully saturated rings. The molecule has 0 saturated carbocycles. The van der Waals surface area contributed by atoms with Crippen molar-refractivity contribution in [3.05, 3.63) is 101 Å². The molecule has 1 aliphatic rings. The molecule has 8 nitrogen and oxygen atoms in total. The summed E-state index contributed by atoms with van der Waals surface area (Å²) in [6.45, 7) is 3.76. The van der Waals surface area contributed by atoms with Gasteiger partial charge in [-0.15, -0.1) is 0 Å². The molecule has 0 saturated heterocycles. The fourth-order valence-corrected chi connectivity index (χ4v) is 4.64. The lowest BCUT2D eigenvalue weighted by Gasteiger charge is -2.31. The first-order valence-electron chi connectivity index (χ1n) is 11.7. The van der Waals surface area contributed by atoms with Gasteiger partial charge in [0.25, 0.3) is 0 Å². The minimum Gasteiger partial charge on any atom is -0.465 e. The minimum absolute atomic E-state index is 0.200. The van der Waals surface area contributed by atoms with Gasteiger partial charge in [-0.2, -0.15) is 5.10 Å². The first-order chi connectivity index (χ1) is 17.5. The summed E-state index contributed by atoms with van der Waals surface area (Å²) in [6, 6.07) is 18.7. The van der Waals surface area contributed by atoms with Gasteiger partial charge < -0.3 is 19.5 Å². The van der Waals surface area contributed by atoms with Gasteiger partial charge in [-0.1, -0.05) is 30.3 Å². The van der Waals surface area contributed by atoms with Crippen molar-refractivity contribution in [1.82, 2.24) is 24.6 Å². The molecule has 5 rings (SSSR count). The maximum absolute atomic E-state index is 14.3. The van der Waals surface area contributed by atoms with Gasteiger partial charge in [0.1, 0.15) is 18.2 Å². The predicted octanol–water partition coefficient (Wildman–Crippen LogP) is 4.29. The molecule has 0 spiro atoms. The number of esters is 1. The van der Waals surface area contributed by atoms with E-state index in [-0.39, 0.29) is 19.7 Å². The smallest absolute Gasteiger partial charge is 0.325 e. The molecule has 184 valence electrons. The average molecular weight is 488 g/mol. The number of carbonyl (C=O) groups is 2. The third kappa shape index (κ3) is 4.24. The number of benzene rings is 2. The van der Waals surface area contributed by atoms with E-state index >= 15 is 0 Å². The molecule has 9 heteroatoms. The maximum Gasteiger partial charge on any atom is 0.325 e. The number of para-hydroxylation sites is 1. The number of ether oxygens (including phenoxy) is 1. The highest BCUT2D eigenvalue weighted by molar-refractivity contribution is 5.81. The first-order valence-corrected chi connectivity index (χ1v) is 11.7. The van der Waals surface area contributed by atoms with E-state index in [0.717, 1.165) is 28.5 Å². The molecular formula is C27H26FN5O3. The van der Waals surface area contributed by atoms with E-state index in [1.807, 2.05) is 64.8 Å². The summed E-state index contributed by atoms with van der Waals surface area (Å²) in [6.07, 6.45) is 1.92. The molecule has 0 aliphatic carbocycles. The Kier molecular flexibility index (Phi) is 6.28. The maximum atomic E-state index is 14.3. The van der Waals surface area contributed by atoms with Crippen LogP contribution in [0.2, 0.25) is 0 Å². The van der Waals surface area contributed by atoms with E-state index in [1.165, 1.54) is 12.1 Å². The van der Waals surface area contributed by atoms with Crippen LogP contribution in [0, 0.1) is 12.7 Å². The van der Waals surface area contributed by atoms with Gasteiger partial charge in [0.2, 0.25) is 0 Å². The number of aromatic nitrogens is 3. The summed E-state index contributed by atoms with van der Waals surface area (Å²) in [5.41, 5.74) is 3.87. The molecule has 1 aliphatic heterocycles. The Hall–Kier alpha value is -4.40. The topological polar surface area (TPSA) is 81.4 Å². The number of nitrogens with zero attached hydrogens (tertiary/aromatic N) is 4. The van der Waals surface area contributed by atoms with E-state index < -0.39 is 23.9 Å². The highest BCUT2D eigenvalue weighted by Crippen LogP contribution is 2.38. The number of urea groups is 1. The zero-order valence-electron chi connectivity index (χ0n) is 20.0. The molecule has 0 radical (unpaired) electrons. The Balaban J connectivity index is 1.66. The third-order valence-corrected chi connectivity index (χ3v) is 6.20. The Morgan fingerprint density at radius 3 is 2.67 bits per heavy atom. The Morgan fingerprint density at radius 1 is 1.11 bits per heavy atom. The fourth-order valence-electron chi connectivity index (χ4n) is 4.64. The number of hydrogen-bond acceptors (Lipinski definition) is 4. The lowest BCUT2D eigenvalue weighted by Crippen LogP contribution is -2.44. The van der Waals surface area contributed by atoms with Gasteiger partial charge >= 0.3 is 12.0 Å². The number of halogens is 1. The second-order valence-corrected chi connectivity index (χ2v) is 8.49. The molecule has 3 heterocycles. The van der Waals surface area contributed by atoms with Crippen molar-refractivity contribution < 1.29 is 18.7 Å². The average Bonchev–Trinajstić information content (AvgIpc) is 3.43. The number of rotatable bonds is 5. The zero-order valence-corrected chi connectivity index (χ0v) is 20.0. The number of nitrogens with one attached hydrogen (secondary N) is 1. The van der Waals surface area contributed by atoms with Crippen LogP contribution in [0.25, 0.3) is 11.5 Å². The van der Waals surface area contributed by atoms with Crippen molar-refractivity contribution in [2.75, 3.05) is 13.2 Å². The normalized spacial score (nSPS) is 14.5. The van der Waals surface area contributed by atoms with Crippen LogP contribution in [-0.2, 0) is 16.1 Å². The highest BCUT2D eigenvalue weighted by Gasteiger charge is 2.36. The second-order valence-electron chi connectivity index (χ2n) is 8.49. The summed E-state index contributed by atoms with van der Waals surface area (Å²) in [4.78, 5) is 27.1. The molecule has 36 heavy (non-hydrogen) atoms. The highest BCUT2D eigenvalue weighted by atomic mass is 19.1. The zero-order chi connectivity index (χ0) is 25.2. The van der Waals surface area contributed by atoms with E-state index in [0.29, 0.717) is 5.56 Å². The second kappa shape index (κ2) is 9.69. The van der Waals surface area contributed by atoms with Crippen molar-refractivity contribution in [3.63, 3.8) is 0 Å². The summed E-state index contributed by atoms with van der Waals surface area (Å²) >= 11 is 0. The summed E-state index contributed by atoms with van der Waals surface area (Å²) < 4.78 is 23.2. The van der Waals surface area contributed by atoms with Crippen molar-refractivity contribution in [3.8, 4) is 11.5 Å². The van der Waals surface area contributed by atoms with Gasteiger partial charge in [-0.05, 0) is 55.8 Å². The quantitative estimate of drug-likeness (QED) is 0.426. The number of aryl methyl sites for hydroxylation is 1. The molecule has 2 aromatic heterocycles. The lowest BCUT2D eigenvalue weighted by molar-refractivity contribution is -0.141. The van der Waals surface area contributed by atoms with E-state index in [4.69, 9.17) is 9.84 Å². The van der Waals surface area contributed by atoms with Crippen LogP contribution >= 0.6 is 0 Å². The van der Waals surface area contributed by atoms with Gasteiger partial charge in [0.05, 0.1) is 36.3 Å². The Labute approximate surface area is 207 Å². The summed E-state index contributed by atoms with van der Waals surface area (Å²) in [7, 11) is 0. The van der Waals surface area contributed by atoms with E-state index in [1.54, 1.807) is 24.0 Å². The molecular weight excluding hydrogens is 461 g/mol. The van der Waals surface area contributed by atoms with Crippen molar-refractivity contribution in [1.29, 1.82) is 0 Å². The Morgan fingerprint density at radius 2 is 1.92 bits per heavy atom. The van der Waals surface area contributed by atoms with Gasteiger partial charge in [-0.3, -0.25) is 4.79 Å². The van der Waals surface area contributed by atoms with Gasteiger partial charge in [0.15, 0.2) is 0 Å². The molecule has 0 bridgehead atoms. The van der Waals surface area contributed by atoms with E-state index in [9.17, 15) is 14.0 Å². The van der Waals surface area contributed by atoms with Crippen LogP contribution in [0.5, 0.6) is 0 Å². The first kappa shape index (κ1) is 23.3. The number of fused-ring (bicyclic) bond motifs is 3. The molecule has 0 unspecified atom stereocenters. The van der Waals surface area contributed by atoms with Crippen LogP contribution in [0.15, 0.2) is 72.9 Å². The number of amides is 2.